The van der Waals surface area contributed by atoms with Crippen molar-refractivity contribution in [2.45, 2.75) is 6.92 Å². The van der Waals surface area contributed by atoms with Gasteiger partial charge < -0.3 is 15.1 Å². The Kier molecular flexibility index (Phi) is 4.23. The van der Waals surface area contributed by atoms with Gasteiger partial charge in [-0.25, -0.2) is 9.97 Å². The van der Waals surface area contributed by atoms with Crippen LogP contribution in [0.2, 0.25) is 0 Å². The number of anilines is 3. The second kappa shape index (κ2) is 6.68. The number of likely N-dealkylation sites (N-methyl/N-ethyl adjacent to an activating group) is 1. The van der Waals surface area contributed by atoms with E-state index in [2.05, 4.69) is 61.4 Å². The van der Waals surface area contributed by atoms with Gasteiger partial charge in [-0.05, 0) is 24.7 Å². The Morgan fingerprint density at radius 2 is 1.96 bits per heavy atom. The fourth-order valence-electron chi connectivity index (χ4n) is 3.30. The van der Waals surface area contributed by atoms with Crippen LogP contribution < -0.4 is 10.2 Å². The number of hydrogen-bond acceptors (Lipinski definition) is 6. The largest absolute Gasteiger partial charge is 0.369 e. The van der Waals surface area contributed by atoms with Gasteiger partial charge in [0.05, 0.1) is 11.6 Å². The van der Waals surface area contributed by atoms with Gasteiger partial charge in [-0.2, -0.15) is 5.10 Å². The lowest BCUT2D eigenvalue weighted by atomic mass is 10.2. The van der Waals surface area contributed by atoms with Crippen LogP contribution in [0.5, 0.6) is 0 Å². The maximum absolute atomic E-state index is 4.38. The summed E-state index contributed by atoms with van der Waals surface area (Å²) in [6.45, 7) is 7.73. The monoisotopic (exact) mass is 337 g/mol. The van der Waals surface area contributed by atoms with Gasteiger partial charge in [0.2, 0.25) is 0 Å². The molecule has 1 N–H and O–H groups in total. The molecule has 25 heavy (non-hydrogen) atoms. The number of piperazine rings is 1. The van der Waals surface area contributed by atoms with E-state index in [4.69, 9.17) is 0 Å². The molecule has 0 spiro atoms. The minimum absolute atomic E-state index is 0.783. The molecule has 130 valence electrons. The van der Waals surface area contributed by atoms with E-state index in [1.54, 1.807) is 17.2 Å². The van der Waals surface area contributed by atoms with Crippen LogP contribution in [0, 0.1) is 0 Å². The first-order valence-corrected chi connectivity index (χ1v) is 8.71. The zero-order chi connectivity index (χ0) is 17.2. The molecule has 0 unspecified atom stereocenters. The van der Waals surface area contributed by atoms with Crippen LogP contribution in [-0.4, -0.2) is 57.4 Å². The summed E-state index contributed by atoms with van der Waals surface area (Å²) in [7, 11) is 1.88. The Morgan fingerprint density at radius 3 is 2.76 bits per heavy atom. The highest BCUT2D eigenvalue weighted by molar-refractivity contribution is 5.88. The highest BCUT2D eigenvalue weighted by Crippen LogP contribution is 2.26. The van der Waals surface area contributed by atoms with Crippen molar-refractivity contribution in [2.24, 2.45) is 7.05 Å². The predicted octanol–water partition coefficient (Wildman–Crippen LogP) is 2.25. The molecule has 2 aromatic heterocycles. The fourth-order valence-corrected chi connectivity index (χ4v) is 3.30. The summed E-state index contributed by atoms with van der Waals surface area (Å²) in [6, 6.07) is 8.51. The summed E-state index contributed by atoms with van der Waals surface area (Å²) < 4.78 is 1.76. The molecule has 0 amide bonds. The smallest absolute Gasteiger partial charge is 0.163 e. The summed E-state index contributed by atoms with van der Waals surface area (Å²) in [6.07, 6.45) is 3.37. The summed E-state index contributed by atoms with van der Waals surface area (Å²) in [5, 5.41) is 8.61. The molecule has 1 aliphatic heterocycles. The molecule has 0 atom stereocenters. The molecule has 1 saturated heterocycles. The molecule has 7 nitrogen and oxygen atoms in total. The molecule has 3 heterocycles. The highest BCUT2D eigenvalue weighted by Gasteiger charge is 2.16. The third-order valence-electron chi connectivity index (χ3n) is 4.82. The van der Waals surface area contributed by atoms with Crippen molar-refractivity contribution in [1.29, 1.82) is 0 Å². The van der Waals surface area contributed by atoms with E-state index < -0.39 is 0 Å². The Labute approximate surface area is 147 Å². The molecule has 4 rings (SSSR count). The van der Waals surface area contributed by atoms with Crippen molar-refractivity contribution in [2.75, 3.05) is 42.9 Å². The lowest BCUT2D eigenvalue weighted by molar-refractivity contribution is 0.271. The number of aromatic nitrogens is 4. The zero-order valence-electron chi connectivity index (χ0n) is 14.7. The van der Waals surface area contributed by atoms with Crippen LogP contribution in [0.25, 0.3) is 11.0 Å². The highest BCUT2D eigenvalue weighted by atomic mass is 15.3. The Bertz CT molecular complexity index is 865. The molecule has 1 aromatic carbocycles. The van der Waals surface area contributed by atoms with Crippen molar-refractivity contribution >= 4 is 28.2 Å². The number of fused-ring (bicyclic) bond motifs is 1. The lowest BCUT2D eigenvalue weighted by Gasteiger charge is -2.35. The van der Waals surface area contributed by atoms with E-state index in [1.165, 1.54) is 5.69 Å². The van der Waals surface area contributed by atoms with Gasteiger partial charge in [0.1, 0.15) is 12.1 Å². The van der Waals surface area contributed by atoms with E-state index in [0.29, 0.717) is 0 Å². The third kappa shape index (κ3) is 3.15. The Morgan fingerprint density at radius 1 is 1.12 bits per heavy atom. The number of benzene rings is 1. The molecule has 0 aliphatic carbocycles. The maximum atomic E-state index is 4.38. The first-order valence-electron chi connectivity index (χ1n) is 8.71. The van der Waals surface area contributed by atoms with Crippen LogP contribution in [0.3, 0.4) is 0 Å². The van der Waals surface area contributed by atoms with Crippen LogP contribution in [-0.2, 0) is 7.05 Å². The van der Waals surface area contributed by atoms with Crippen LogP contribution in [0.1, 0.15) is 6.92 Å². The summed E-state index contributed by atoms with van der Waals surface area (Å²) in [5.74, 6) is 0.783. The molecule has 1 aliphatic rings. The van der Waals surface area contributed by atoms with Crippen molar-refractivity contribution in [3.05, 3.63) is 36.8 Å². The topological polar surface area (TPSA) is 62.1 Å². The second-order valence-corrected chi connectivity index (χ2v) is 6.32. The maximum Gasteiger partial charge on any atom is 0.163 e. The molecule has 0 radical (unpaired) electrons. The standard InChI is InChI=1S/C18H23N7/c1-3-24-7-9-25(10-8-24)15-6-4-5-14(11-15)22-17-16-12-21-23(2)18(16)20-13-19-17/h4-6,11-13H,3,7-10H2,1-2H3,(H,19,20,22). The average Bonchev–Trinajstić information content (AvgIpc) is 3.04. The Hall–Kier alpha value is -2.67. The summed E-state index contributed by atoms with van der Waals surface area (Å²) >= 11 is 0. The average molecular weight is 337 g/mol. The van der Waals surface area contributed by atoms with Crippen LogP contribution >= 0.6 is 0 Å². The predicted molar refractivity (Wildman–Crippen MR) is 100 cm³/mol. The normalized spacial score (nSPS) is 15.7. The SMILES string of the molecule is CCN1CCN(c2cccc(Nc3ncnc4c3cnn4C)c2)CC1. The number of hydrogen-bond donors (Lipinski definition) is 1. The van der Waals surface area contributed by atoms with E-state index >= 15 is 0 Å². The summed E-state index contributed by atoms with van der Waals surface area (Å²) in [4.78, 5) is 13.6. The lowest BCUT2D eigenvalue weighted by Crippen LogP contribution is -2.46. The first kappa shape index (κ1) is 15.8. The van der Waals surface area contributed by atoms with Crippen LogP contribution in [0.4, 0.5) is 17.2 Å². The van der Waals surface area contributed by atoms with Crippen molar-refractivity contribution in [3.8, 4) is 0 Å². The van der Waals surface area contributed by atoms with Gasteiger partial charge in [0.25, 0.3) is 0 Å². The van der Waals surface area contributed by atoms with Gasteiger partial charge in [0.15, 0.2) is 5.65 Å². The molecule has 1 fully saturated rings. The Balaban J connectivity index is 1.55. The van der Waals surface area contributed by atoms with Gasteiger partial charge >= 0.3 is 0 Å². The van der Waals surface area contributed by atoms with E-state index in [9.17, 15) is 0 Å². The van der Waals surface area contributed by atoms with E-state index in [0.717, 1.165) is 55.3 Å². The van der Waals surface area contributed by atoms with E-state index in [-0.39, 0.29) is 0 Å². The van der Waals surface area contributed by atoms with Crippen molar-refractivity contribution in [1.82, 2.24) is 24.6 Å². The molecular weight excluding hydrogens is 314 g/mol. The van der Waals surface area contributed by atoms with E-state index in [1.807, 2.05) is 7.05 Å². The van der Waals surface area contributed by atoms with Gasteiger partial charge in [-0.15, -0.1) is 0 Å². The van der Waals surface area contributed by atoms with Gasteiger partial charge in [-0.1, -0.05) is 13.0 Å². The zero-order valence-corrected chi connectivity index (χ0v) is 14.7. The molecule has 0 saturated carbocycles. The second-order valence-electron chi connectivity index (χ2n) is 6.32. The van der Waals surface area contributed by atoms with Gasteiger partial charge in [0, 0.05) is 44.6 Å². The molecule has 3 aromatic rings. The van der Waals surface area contributed by atoms with Crippen molar-refractivity contribution < 1.29 is 0 Å². The number of nitrogens with zero attached hydrogens (tertiary/aromatic N) is 6. The fraction of sp³-hybridized carbons (Fsp3) is 0.389. The third-order valence-corrected chi connectivity index (χ3v) is 4.82. The minimum atomic E-state index is 0.783. The number of aryl methyl sites for hydroxylation is 1. The minimum Gasteiger partial charge on any atom is -0.369 e. The van der Waals surface area contributed by atoms with Gasteiger partial charge in [-0.3, -0.25) is 4.68 Å². The number of rotatable bonds is 4. The molecule has 7 heteroatoms. The quantitative estimate of drug-likeness (QED) is 0.788. The molecular formula is C18H23N7. The van der Waals surface area contributed by atoms with Crippen LogP contribution in [0.15, 0.2) is 36.8 Å². The first-order chi connectivity index (χ1) is 12.2. The van der Waals surface area contributed by atoms with Crippen molar-refractivity contribution in [3.63, 3.8) is 0 Å². The number of nitrogens with one attached hydrogen (secondary N) is 1. The summed E-state index contributed by atoms with van der Waals surface area (Å²) in [5.41, 5.74) is 3.10. The molecule has 0 bridgehead atoms.